The summed E-state index contributed by atoms with van der Waals surface area (Å²) in [6.45, 7) is 1.84. The van der Waals surface area contributed by atoms with Gasteiger partial charge in [0.15, 0.2) is 0 Å². The Bertz CT molecular complexity index is 752. The molecule has 0 spiro atoms. The van der Waals surface area contributed by atoms with Crippen LogP contribution in [0.2, 0.25) is 0 Å². The van der Waals surface area contributed by atoms with E-state index in [1.807, 2.05) is 12.9 Å². The zero-order valence-electron chi connectivity index (χ0n) is 11.9. The zero-order valence-corrected chi connectivity index (χ0v) is 11.9. The van der Waals surface area contributed by atoms with Crippen molar-refractivity contribution in [1.29, 1.82) is 0 Å². The maximum Gasteiger partial charge on any atom is 0.128 e. The van der Waals surface area contributed by atoms with Gasteiger partial charge in [0.1, 0.15) is 17.6 Å². The predicted molar refractivity (Wildman–Crippen MR) is 81.5 cm³/mol. The quantitative estimate of drug-likeness (QED) is 0.831. The van der Waals surface area contributed by atoms with Crippen LogP contribution in [-0.2, 0) is 4.79 Å². The average Bonchev–Trinajstić information content (AvgIpc) is 2.50. The maximum absolute atomic E-state index is 13.6. The number of halogens is 2. The molecule has 0 aromatic heterocycles. The summed E-state index contributed by atoms with van der Waals surface area (Å²) in [5.74, 6) is 1.21. The van der Waals surface area contributed by atoms with Gasteiger partial charge in [-0.15, -0.1) is 0 Å². The Morgan fingerprint density at radius 3 is 2.45 bits per heavy atom. The Labute approximate surface area is 126 Å². The molecule has 0 saturated heterocycles. The molecule has 0 saturated carbocycles. The van der Waals surface area contributed by atoms with Gasteiger partial charge < -0.3 is 10.6 Å². The third-order valence-electron chi connectivity index (χ3n) is 3.75. The smallest absolute Gasteiger partial charge is 0.128 e. The topological polar surface area (TPSA) is 41.1 Å². The second kappa shape index (κ2) is 5.62. The normalized spacial score (nSPS) is 19.9. The molecule has 3 nitrogen and oxygen atoms in total. The Morgan fingerprint density at radius 2 is 1.77 bits per heavy atom. The number of anilines is 2. The van der Waals surface area contributed by atoms with Crippen LogP contribution in [0.4, 0.5) is 20.2 Å². The van der Waals surface area contributed by atoms with Crippen LogP contribution in [0.5, 0.6) is 0 Å². The van der Waals surface area contributed by atoms with E-state index in [1.165, 1.54) is 24.3 Å². The Balaban J connectivity index is 2.04. The molecule has 0 radical (unpaired) electrons. The van der Waals surface area contributed by atoms with Crippen molar-refractivity contribution in [3.63, 3.8) is 0 Å². The van der Waals surface area contributed by atoms with E-state index in [1.54, 1.807) is 18.2 Å². The summed E-state index contributed by atoms with van der Waals surface area (Å²) >= 11 is 0. The van der Waals surface area contributed by atoms with Crippen LogP contribution in [0, 0.1) is 11.6 Å². The third-order valence-corrected chi connectivity index (χ3v) is 3.75. The van der Waals surface area contributed by atoms with Crippen molar-refractivity contribution in [2.75, 3.05) is 10.6 Å². The fourth-order valence-electron chi connectivity index (χ4n) is 2.65. The van der Waals surface area contributed by atoms with Gasteiger partial charge in [-0.05, 0) is 49.4 Å². The fraction of sp³-hybridized carbons (Fsp3) is 0.176. The largest absolute Gasteiger partial charge is 0.378 e. The van der Waals surface area contributed by atoms with Crippen molar-refractivity contribution in [2.45, 2.75) is 19.0 Å². The van der Waals surface area contributed by atoms with E-state index in [2.05, 4.69) is 10.6 Å². The lowest BCUT2D eigenvalue weighted by molar-refractivity contribution is 0.561. The van der Waals surface area contributed by atoms with Gasteiger partial charge in [-0.2, -0.15) is 0 Å². The molecule has 3 rings (SSSR count). The lowest BCUT2D eigenvalue weighted by Crippen LogP contribution is -2.32. The molecule has 0 fully saturated rings. The molecule has 0 amide bonds. The first-order valence-corrected chi connectivity index (χ1v) is 6.91. The molecule has 1 aliphatic heterocycles. The van der Waals surface area contributed by atoms with Crippen LogP contribution in [0.15, 0.2) is 48.0 Å². The van der Waals surface area contributed by atoms with E-state index in [0.29, 0.717) is 16.8 Å². The van der Waals surface area contributed by atoms with Crippen molar-refractivity contribution in [2.24, 2.45) is 0 Å². The molecule has 2 aromatic carbocycles. The van der Waals surface area contributed by atoms with Crippen molar-refractivity contribution in [3.8, 4) is 0 Å². The second-order valence-corrected chi connectivity index (χ2v) is 5.24. The van der Waals surface area contributed by atoms with Crippen molar-refractivity contribution in [3.05, 3.63) is 65.2 Å². The molecule has 22 heavy (non-hydrogen) atoms. The highest BCUT2D eigenvalue weighted by Gasteiger charge is 2.30. The number of rotatable bonds is 2. The fourth-order valence-corrected chi connectivity index (χ4v) is 2.65. The van der Waals surface area contributed by atoms with Gasteiger partial charge in [0.25, 0.3) is 0 Å². The monoisotopic (exact) mass is 300 g/mol. The number of hydrogen-bond acceptors (Lipinski definition) is 3. The van der Waals surface area contributed by atoms with Gasteiger partial charge in [0.2, 0.25) is 0 Å². The van der Waals surface area contributed by atoms with Gasteiger partial charge in [0, 0.05) is 16.9 Å². The van der Waals surface area contributed by atoms with Gasteiger partial charge in [-0.25, -0.2) is 13.6 Å². The summed E-state index contributed by atoms with van der Waals surface area (Å²) in [6.07, 6.45) is 0. The van der Waals surface area contributed by atoms with Gasteiger partial charge in [-0.1, -0.05) is 0 Å². The van der Waals surface area contributed by atoms with Crippen molar-refractivity contribution in [1.82, 2.24) is 0 Å². The number of carbonyl (C=O) groups excluding carboxylic acids is 1. The highest BCUT2D eigenvalue weighted by Crippen LogP contribution is 2.37. The molecule has 2 unspecified atom stereocenters. The van der Waals surface area contributed by atoms with E-state index in [9.17, 15) is 13.6 Å². The lowest BCUT2D eigenvalue weighted by Gasteiger charge is -2.33. The molecule has 5 heteroatoms. The average molecular weight is 300 g/mol. The number of benzene rings is 2. The molecule has 0 aliphatic carbocycles. The number of hydrogen-bond donors (Lipinski definition) is 2. The summed E-state index contributed by atoms with van der Waals surface area (Å²) in [5.41, 5.74) is 2.47. The van der Waals surface area contributed by atoms with Crippen LogP contribution in [-0.4, -0.2) is 12.0 Å². The van der Waals surface area contributed by atoms with Crippen molar-refractivity contribution < 1.29 is 13.6 Å². The first-order chi connectivity index (χ1) is 10.6. The SMILES string of the molecule is CC1Nc2ccc(F)cc2C(Nc2ccc(F)cc2)C1=C=O. The molecule has 0 bridgehead atoms. The van der Waals surface area contributed by atoms with E-state index >= 15 is 0 Å². The minimum Gasteiger partial charge on any atom is -0.378 e. The molecule has 112 valence electrons. The van der Waals surface area contributed by atoms with E-state index in [0.717, 1.165) is 5.69 Å². The van der Waals surface area contributed by atoms with Crippen LogP contribution < -0.4 is 10.6 Å². The first kappa shape index (κ1) is 14.3. The second-order valence-electron chi connectivity index (χ2n) is 5.24. The van der Waals surface area contributed by atoms with Crippen LogP contribution in [0.25, 0.3) is 0 Å². The van der Waals surface area contributed by atoms with Crippen LogP contribution in [0.3, 0.4) is 0 Å². The van der Waals surface area contributed by atoms with Gasteiger partial charge in [0.05, 0.1) is 17.7 Å². The standard InChI is InChI=1S/C17H14F2N2O/c1-10-15(9-22)17(21-13-5-2-11(18)3-6-13)14-8-12(19)4-7-16(14)20-10/h2-8,10,17,20-21H,1H3. The van der Waals surface area contributed by atoms with Gasteiger partial charge >= 0.3 is 0 Å². The lowest BCUT2D eigenvalue weighted by atomic mass is 9.89. The highest BCUT2D eigenvalue weighted by molar-refractivity contribution is 5.71. The Kier molecular flexibility index (Phi) is 3.65. The molecule has 2 aromatic rings. The zero-order chi connectivity index (χ0) is 15.7. The Hall–Kier alpha value is -2.65. The molecule has 1 heterocycles. The molecule has 1 aliphatic rings. The van der Waals surface area contributed by atoms with Crippen LogP contribution in [0.1, 0.15) is 18.5 Å². The predicted octanol–water partition coefficient (Wildman–Crippen LogP) is 3.69. The first-order valence-electron chi connectivity index (χ1n) is 6.91. The minimum absolute atomic E-state index is 0.228. The van der Waals surface area contributed by atoms with Gasteiger partial charge in [-0.3, -0.25) is 0 Å². The summed E-state index contributed by atoms with van der Waals surface area (Å²) in [6, 6.07) is 9.44. The molecule has 2 N–H and O–H groups in total. The molecular formula is C17H14F2N2O. The van der Waals surface area contributed by atoms with E-state index in [4.69, 9.17) is 0 Å². The molecule has 2 atom stereocenters. The Morgan fingerprint density at radius 1 is 1.09 bits per heavy atom. The number of nitrogens with one attached hydrogen (secondary N) is 2. The van der Waals surface area contributed by atoms with Crippen LogP contribution >= 0.6 is 0 Å². The van der Waals surface area contributed by atoms with E-state index < -0.39 is 6.04 Å². The minimum atomic E-state index is -0.509. The summed E-state index contributed by atoms with van der Waals surface area (Å²) in [5, 5.41) is 6.30. The maximum atomic E-state index is 13.6. The highest BCUT2D eigenvalue weighted by atomic mass is 19.1. The summed E-state index contributed by atoms with van der Waals surface area (Å²) < 4.78 is 26.6. The number of fused-ring (bicyclic) bond motifs is 1. The van der Waals surface area contributed by atoms with Crippen molar-refractivity contribution >= 4 is 17.3 Å². The summed E-state index contributed by atoms with van der Waals surface area (Å²) in [7, 11) is 0. The van der Waals surface area contributed by atoms with E-state index in [-0.39, 0.29) is 17.7 Å². The summed E-state index contributed by atoms with van der Waals surface area (Å²) in [4.78, 5) is 11.3. The molecular weight excluding hydrogens is 286 g/mol. The third kappa shape index (κ3) is 2.59.